The summed E-state index contributed by atoms with van der Waals surface area (Å²) in [6.07, 6.45) is 0. The van der Waals surface area contributed by atoms with Crippen LogP contribution in [-0.4, -0.2) is 39.3 Å². The van der Waals surface area contributed by atoms with Crippen LogP contribution >= 0.6 is 22.9 Å². The molecule has 0 spiro atoms. The van der Waals surface area contributed by atoms with E-state index in [4.69, 9.17) is 21.1 Å². The maximum Gasteiger partial charge on any atom is 0.338 e. The maximum atomic E-state index is 12.4. The molecule has 33 heavy (non-hydrogen) atoms. The number of esters is 1. The third-order valence-corrected chi connectivity index (χ3v) is 7.56. The lowest BCUT2D eigenvalue weighted by atomic mass is 10.1. The molecule has 0 saturated carbocycles. The zero-order valence-corrected chi connectivity index (χ0v) is 19.1. The quantitative estimate of drug-likeness (QED) is 0.370. The van der Waals surface area contributed by atoms with E-state index in [0.29, 0.717) is 15.8 Å². The van der Waals surface area contributed by atoms with E-state index in [1.54, 1.807) is 6.07 Å². The molecule has 1 aromatic heterocycles. The van der Waals surface area contributed by atoms with Crippen molar-refractivity contribution in [2.24, 2.45) is 0 Å². The van der Waals surface area contributed by atoms with Crippen molar-refractivity contribution >= 4 is 62.0 Å². The number of fused-ring (bicyclic) bond motifs is 1. The fourth-order valence-corrected chi connectivity index (χ4v) is 5.42. The number of amides is 1. The largest absolute Gasteiger partial charge is 0.482 e. The molecule has 2 heterocycles. The van der Waals surface area contributed by atoms with Gasteiger partial charge in [-0.25, -0.2) is 13.2 Å². The van der Waals surface area contributed by atoms with Gasteiger partial charge in [0.1, 0.15) is 9.96 Å². The van der Waals surface area contributed by atoms with E-state index in [1.807, 2.05) is 0 Å². The number of rotatable bonds is 7. The second-order valence-corrected chi connectivity index (χ2v) is 10.4. The van der Waals surface area contributed by atoms with Crippen molar-refractivity contribution in [3.05, 3.63) is 70.1 Å². The lowest BCUT2D eigenvalue weighted by Gasteiger charge is -2.18. The Bertz CT molecular complexity index is 1350. The fourth-order valence-electron chi connectivity index (χ4n) is 2.88. The van der Waals surface area contributed by atoms with Gasteiger partial charge in [-0.1, -0.05) is 11.6 Å². The van der Waals surface area contributed by atoms with E-state index >= 15 is 0 Å². The Morgan fingerprint density at radius 2 is 1.82 bits per heavy atom. The molecule has 170 valence electrons. The molecule has 0 saturated heterocycles. The molecule has 1 aliphatic heterocycles. The number of hydrogen-bond donors (Lipinski definition) is 2. The first-order valence-corrected chi connectivity index (χ1v) is 12.0. The van der Waals surface area contributed by atoms with Crippen LogP contribution < -0.4 is 14.8 Å². The molecule has 1 amide bonds. The Morgan fingerprint density at radius 3 is 2.52 bits per heavy atom. The number of sulfonamides is 1. The monoisotopic (exact) mass is 506 g/mol. The minimum absolute atomic E-state index is 0.0582. The van der Waals surface area contributed by atoms with E-state index in [9.17, 15) is 22.8 Å². The van der Waals surface area contributed by atoms with Crippen molar-refractivity contribution in [1.82, 2.24) is 0 Å². The highest BCUT2D eigenvalue weighted by Gasteiger charge is 2.20. The molecule has 2 N–H and O–H groups in total. The predicted octanol–water partition coefficient (Wildman–Crippen LogP) is 3.57. The van der Waals surface area contributed by atoms with Crippen molar-refractivity contribution in [3.8, 4) is 5.75 Å². The highest BCUT2D eigenvalue weighted by Crippen LogP contribution is 2.29. The summed E-state index contributed by atoms with van der Waals surface area (Å²) < 4.78 is 37.8. The lowest BCUT2D eigenvalue weighted by Crippen LogP contribution is -2.25. The van der Waals surface area contributed by atoms with Crippen molar-refractivity contribution in [2.45, 2.75) is 4.21 Å². The molecule has 1 aliphatic rings. The Labute approximate surface area is 197 Å². The van der Waals surface area contributed by atoms with Crippen molar-refractivity contribution in [1.29, 1.82) is 0 Å². The molecule has 4 rings (SSSR count). The van der Waals surface area contributed by atoms with Crippen LogP contribution in [0.15, 0.2) is 58.8 Å². The number of benzene rings is 2. The third kappa shape index (κ3) is 5.33. The minimum atomic E-state index is -3.80. The number of thiophene rings is 1. The molecule has 0 atom stereocenters. The molecule has 2 aromatic carbocycles. The standard InChI is InChI=1S/C21H15ClN2O7S2/c22-18-7-8-20(32-18)33(28,29)24-14-4-1-12(2-5-14)21(27)31-10-16(25)13-3-6-17-15(9-13)23-19(26)11-30-17/h1-9,24H,10-11H2,(H,23,26). The van der Waals surface area contributed by atoms with Gasteiger partial charge >= 0.3 is 5.97 Å². The Balaban J connectivity index is 1.36. The summed E-state index contributed by atoms with van der Waals surface area (Å²) in [6.45, 7) is -0.611. The molecule has 0 bridgehead atoms. The molecule has 9 nitrogen and oxygen atoms in total. The topological polar surface area (TPSA) is 128 Å². The summed E-state index contributed by atoms with van der Waals surface area (Å²) >= 11 is 6.70. The number of ketones is 1. The van der Waals surface area contributed by atoms with Crippen molar-refractivity contribution in [2.75, 3.05) is 23.3 Å². The van der Waals surface area contributed by atoms with E-state index < -0.39 is 28.4 Å². The fraction of sp³-hybridized carbons (Fsp3) is 0.0952. The van der Waals surface area contributed by atoms with Gasteiger partial charge in [0.05, 0.1) is 15.6 Å². The lowest BCUT2D eigenvalue weighted by molar-refractivity contribution is -0.118. The Morgan fingerprint density at radius 1 is 1.09 bits per heavy atom. The highest BCUT2D eigenvalue weighted by molar-refractivity contribution is 7.94. The zero-order chi connectivity index (χ0) is 23.6. The van der Waals surface area contributed by atoms with Crippen LogP contribution in [0.2, 0.25) is 4.34 Å². The summed E-state index contributed by atoms with van der Waals surface area (Å²) in [4.78, 5) is 36.1. The van der Waals surface area contributed by atoms with Gasteiger partial charge in [-0.15, -0.1) is 11.3 Å². The van der Waals surface area contributed by atoms with Gasteiger partial charge in [0.25, 0.3) is 15.9 Å². The maximum absolute atomic E-state index is 12.4. The number of hydrogen-bond acceptors (Lipinski definition) is 8. The van der Waals surface area contributed by atoms with Gasteiger partial charge < -0.3 is 14.8 Å². The van der Waals surface area contributed by atoms with Crippen LogP contribution in [0.25, 0.3) is 0 Å². The average Bonchev–Trinajstić information content (AvgIpc) is 3.24. The smallest absolute Gasteiger partial charge is 0.338 e. The molecule has 0 unspecified atom stereocenters. The molecule has 3 aromatic rings. The minimum Gasteiger partial charge on any atom is -0.482 e. The molecule has 0 radical (unpaired) electrons. The molecular formula is C21H15ClN2O7S2. The molecular weight excluding hydrogens is 492 g/mol. The van der Waals surface area contributed by atoms with Crippen molar-refractivity contribution in [3.63, 3.8) is 0 Å². The van der Waals surface area contributed by atoms with E-state index in [-0.39, 0.29) is 33.5 Å². The van der Waals surface area contributed by atoms with Crippen LogP contribution in [-0.2, 0) is 19.6 Å². The first kappa shape index (κ1) is 22.8. The number of carbonyl (C=O) groups is 3. The van der Waals surface area contributed by atoms with E-state index in [2.05, 4.69) is 10.0 Å². The van der Waals surface area contributed by atoms with E-state index in [1.165, 1.54) is 48.5 Å². The van der Waals surface area contributed by atoms with Gasteiger partial charge in [0.2, 0.25) is 0 Å². The number of ether oxygens (including phenoxy) is 2. The van der Waals surface area contributed by atoms with Crippen LogP contribution in [0.3, 0.4) is 0 Å². The van der Waals surface area contributed by atoms with Gasteiger partial charge in [0.15, 0.2) is 19.0 Å². The molecule has 12 heteroatoms. The van der Waals surface area contributed by atoms with Crippen LogP contribution in [0.1, 0.15) is 20.7 Å². The average molecular weight is 507 g/mol. The highest BCUT2D eigenvalue weighted by atomic mass is 35.5. The van der Waals surface area contributed by atoms with Gasteiger partial charge in [-0.3, -0.25) is 14.3 Å². The van der Waals surface area contributed by atoms with E-state index in [0.717, 1.165) is 11.3 Å². The second kappa shape index (κ2) is 9.22. The van der Waals surface area contributed by atoms with Crippen molar-refractivity contribution < 1.29 is 32.3 Å². The Kier molecular flexibility index (Phi) is 6.36. The number of anilines is 2. The number of carbonyl (C=O) groups excluding carboxylic acids is 3. The molecule has 0 aliphatic carbocycles. The summed E-state index contributed by atoms with van der Waals surface area (Å²) in [6, 6.07) is 12.9. The Hall–Kier alpha value is -3.41. The van der Waals surface area contributed by atoms with Gasteiger partial charge in [0, 0.05) is 11.3 Å². The predicted molar refractivity (Wildman–Crippen MR) is 122 cm³/mol. The normalized spacial score (nSPS) is 12.8. The number of Topliss-reactive ketones (excluding diaryl/α,β-unsaturated/α-hetero) is 1. The first-order chi connectivity index (χ1) is 15.7. The summed E-state index contributed by atoms with van der Waals surface area (Å²) in [7, 11) is -3.80. The number of nitrogens with one attached hydrogen (secondary N) is 2. The van der Waals surface area contributed by atoms with Gasteiger partial charge in [-0.2, -0.15) is 0 Å². The van der Waals surface area contributed by atoms with Gasteiger partial charge in [-0.05, 0) is 54.6 Å². The van der Waals surface area contributed by atoms with Crippen LogP contribution in [0.4, 0.5) is 11.4 Å². The molecule has 0 fully saturated rings. The zero-order valence-electron chi connectivity index (χ0n) is 16.7. The summed E-state index contributed by atoms with van der Waals surface area (Å²) in [5.41, 5.74) is 0.985. The third-order valence-electron chi connectivity index (χ3n) is 4.45. The van der Waals surface area contributed by atoms with Crippen LogP contribution in [0.5, 0.6) is 5.75 Å². The second-order valence-electron chi connectivity index (χ2n) is 6.79. The number of halogens is 1. The van der Waals surface area contributed by atoms with Crippen LogP contribution in [0, 0.1) is 0 Å². The summed E-state index contributed by atoms with van der Waals surface area (Å²) in [5, 5.41) is 2.60. The summed E-state index contributed by atoms with van der Waals surface area (Å²) in [5.74, 6) is -1.10. The SMILES string of the molecule is O=C1COc2ccc(C(=O)COC(=O)c3ccc(NS(=O)(=O)c4ccc(Cl)s4)cc3)cc2N1. The first-order valence-electron chi connectivity index (χ1n) is 9.36.